The van der Waals surface area contributed by atoms with Gasteiger partial charge >= 0.3 is 5.97 Å². The minimum atomic E-state index is -0.00294. The average molecular weight is 253 g/mol. The Kier molecular flexibility index (Phi) is 4.66. The maximum Gasteiger partial charge on any atom is 0.307 e. The fourth-order valence-electron chi connectivity index (χ4n) is 3.87. The Labute approximate surface area is 111 Å². The Morgan fingerprint density at radius 2 is 2.00 bits per heavy atom. The van der Waals surface area contributed by atoms with Gasteiger partial charge in [0.15, 0.2) is 0 Å². The first-order valence-corrected chi connectivity index (χ1v) is 7.60. The van der Waals surface area contributed by atoms with Crippen LogP contribution in [0.3, 0.4) is 0 Å². The number of piperidine rings is 1. The van der Waals surface area contributed by atoms with E-state index in [2.05, 4.69) is 11.8 Å². The Balaban J connectivity index is 2.09. The molecular weight excluding hydrogens is 226 g/mol. The molecule has 1 saturated heterocycles. The topological polar surface area (TPSA) is 29.5 Å². The van der Waals surface area contributed by atoms with Gasteiger partial charge in [-0.15, -0.1) is 0 Å². The summed E-state index contributed by atoms with van der Waals surface area (Å²) in [6, 6.07) is 0. The van der Waals surface area contributed by atoms with Crippen molar-refractivity contribution in [1.82, 2.24) is 4.90 Å². The Morgan fingerprint density at radius 3 is 2.56 bits per heavy atom. The molecule has 0 radical (unpaired) electrons. The van der Waals surface area contributed by atoms with Crippen LogP contribution in [-0.4, -0.2) is 36.1 Å². The summed E-state index contributed by atoms with van der Waals surface area (Å²) in [5, 5.41) is 0. The van der Waals surface area contributed by atoms with Gasteiger partial charge in [0.1, 0.15) is 0 Å². The van der Waals surface area contributed by atoms with E-state index in [0.29, 0.717) is 18.9 Å². The van der Waals surface area contributed by atoms with Gasteiger partial charge in [-0.05, 0) is 51.6 Å². The van der Waals surface area contributed by atoms with Crippen LogP contribution in [0, 0.1) is 5.92 Å². The van der Waals surface area contributed by atoms with Crippen molar-refractivity contribution in [3.63, 3.8) is 0 Å². The second-order valence-corrected chi connectivity index (χ2v) is 5.93. The second-order valence-electron chi connectivity index (χ2n) is 5.93. The summed E-state index contributed by atoms with van der Waals surface area (Å²) in [5.74, 6) is 0.622. The molecule has 2 fully saturated rings. The Bertz CT molecular complexity index is 286. The Hall–Kier alpha value is -0.570. The summed E-state index contributed by atoms with van der Waals surface area (Å²) in [6.45, 7) is 7.06. The van der Waals surface area contributed by atoms with E-state index in [9.17, 15) is 4.79 Å². The second kappa shape index (κ2) is 6.05. The third kappa shape index (κ3) is 2.71. The first-order chi connectivity index (χ1) is 8.69. The number of likely N-dealkylation sites (tertiary alicyclic amines) is 1. The van der Waals surface area contributed by atoms with E-state index in [4.69, 9.17) is 4.74 Å². The van der Waals surface area contributed by atoms with Crippen molar-refractivity contribution in [3.8, 4) is 0 Å². The van der Waals surface area contributed by atoms with Crippen molar-refractivity contribution in [3.05, 3.63) is 0 Å². The zero-order valence-corrected chi connectivity index (χ0v) is 11.9. The van der Waals surface area contributed by atoms with Crippen molar-refractivity contribution in [2.24, 2.45) is 5.92 Å². The van der Waals surface area contributed by atoms with Gasteiger partial charge in [-0.3, -0.25) is 9.69 Å². The van der Waals surface area contributed by atoms with Gasteiger partial charge in [-0.25, -0.2) is 0 Å². The largest absolute Gasteiger partial charge is 0.466 e. The highest BCUT2D eigenvalue weighted by Crippen LogP contribution is 2.44. The maximum absolute atomic E-state index is 11.9. The molecule has 0 aromatic rings. The summed E-state index contributed by atoms with van der Waals surface area (Å²) in [5.41, 5.74) is 0.104. The number of rotatable bonds is 4. The quantitative estimate of drug-likeness (QED) is 0.721. The van der Waals surface area contributed by atoms with Crippen LogP contribution in [0.15, 0.2) is 0 Å². The predicted molar refractivity (Wildman–Crippen MR) is 72.4 cm³/mol. The normalized spacial score (nSPS) is 33.6. The number of ether oxygens (including phenoxy) is 1. The first kappa shape index (κ1) is 13.9. The van der Waals surface area contributed by atoms with Gasteiger partial charge < -0.3 is 4.74 Å². The van der Waals surface area contributed by atoms with Crippen molar-refractivity contribution in [2.45, 2.75) is 64.3 Å². The molecule has 2 aliphatic rings. The molecule has 0 aromatic carbocycles. The van der Waals surface area contributed by atoms with Gasteiger partial charge in [-0.2, -0.15) is 0 Å². The highest BCUT2D eigenvalue weighted by Gasteiger charge is 2.46. The molecule has 1 aliphatic carbocycles. The minimum Gasteiger partial charge on any atom is -0.466 e. The van der Waals surface area contributed by atoms with E-state index >= 15 is 0 Å². The molecule has 0 spiro atoms. The standard InChI is InChI=1S/C15H27NO2/c1-3-18-14(17)12-15(9-7-8-13(15)2)16-10-5-4-6-11-16/h13H,3-12H2,1-2H3. The lowest BCUT2D eigenvalue weighted by atomic mass is 9.82. The van der Waals surface area contributed by atoms with E-state index < -0.39 is 0 Å². The molecule has 3 heteroatoms. The van der Waals surface area contributed by atoms with E-state index in [-0.39, 0.29) is 11.5 Å². The summed E-state index contributed by atoms with van der Waals surface area (Å²) >= 11 is 0. The third-order valence-electron chi connectivity index (χ3n) is 4.91. The minimum absolute atomic E-state index is 0.00294. The van der Waals surface area contributed by atoms with Gasteiger partial charge in [-0.1, -0.05) is 19.8 Å². The van der Waals surface area contributed by atoms with E-state index in [1.54, 1.807) is 0 Å². The van der Waals surface area contributed by atoms with Gasteiger partial charge in [0.05, 0.1) is 13.0 Å². The molecule has 104 valence electrons. The summed E-state index contributed by atoms with van der Waals surface area (Å²) in [6.07, 6.45) is 8.22. The molecule has 2 unspecified atom stereocenters. The van der Waals surface area contributed by atoms with Crippen molar-refractivity contribution in [2.75, 3.05) is 19.7 Å². The number of nitrogens with zero attached hydrogens (tertiary/aromatic N) is 1. The van der Waals surface area contributed by atoms with Crippen LogP contribution in [0.25, 0.3) is 0 Å². The molecule has 2 rings (SSSR count). The number of carbonyl (C=O) groups is 1. The summed E-state index contributed by atoms with van der Waals surface area (Å²) < 4.78 is 5.20. The van der Waals surface area contributed by atoms with Crippen LogP contribution < -0.4 is 0 Å². The molecule has 1 aliphatic heterocycles. The van der Waals surface area contributed by atoms with Gasteiger partial charge in [0.2, 0.25) is 0 Å². The van der Waals surface area contributed by atoms with E-state index in [0.717, 1.165) is 0 Å². The molecule has 0 aromatic heterocycles. The molecule has 1 heterocycles. The molecule has 0 bridgehead atoms. The van der Waals surface area contributed by atoms with Gasteiger partial charge in [0, 0.05) is 5.54 Å². The Morgan fingerprint density at radius 1 is 1.28 bits per heavy atom. The summed E-state index contributed by atoms with van der Waals surface area (Å²) in [4.78, 5) is 14.5. The van der Waals surface area contributed by atoms with Crippen LogP contribution in [-0.2, 0) is 9.53 Å². The van der Waals surface area contributed by atoms with E-state index in [1.165, 1.54) is 51.6 Å². The molecule has 1 saturated carbocycles. The number of carbonyl (C=O) groups excluding carboxylic acids is 1. The lowest BCUT2D eigenvalue weighted by Gasteiger charge is -2.46. The van der Waals surface area contributed by atoms with Crippen molar-refractivity contribution < 1.29 is 9.53 Å². The fourth-order valence-corrected chi connectivity index (χ4v) is 3.87. The zero-order chi connectivity index (χ0) is 13.0. The van der Waals surface area contributed by atoms with E-state index in [1.807, 2.05) is 6.92 Å². The maximum atomic E-state index is 11.9. The third-order valence-corrected chi connectivity index (χ3v) is 4.91. The number of esters is 1. The van der Waals surface area contributed by atoms with Crippen LogP contribution in [0.1, 0.15) is 58.8 Å². The van der Waals surface area contributed by atoms with Crippen LogP contribution in [0.5, 0.6) is 0 Å². The molecule has 18 heavy (non-hydrogen) atoms. The summed E-state index contributed by atoms with van der Waals surface area (Å²) in [7, 11) is 0. The van der Waals surface area contributed by atoms with Crippen LogP contribution >= 0.6 is 0 Å². The van der Waals surface area contributed by atoms with Gasteiger partial charge in [0.25, 0.3) is 0 Å². The SMILES string of the molecule is CCOC(=O)CC1(N2CCCCC2)CCCC1C. The van der Waals surface area contributed by atoms with Crippen LogP contribution in [0.4, 0.5) is 0 Å². The molecular formula is C15H27NO2. The fraction of sp³-hybridized carbons (Fsp3) is 0.933. The number of hydrogen-bond acceptors (Lipinski definition) is 3. The lowest BCUT2D eigenvalue weighted by molar-refractivity contribution is -0.147. The van der Waals surface area contributed by atoms with Crippen molar-refractivity contribution in [1.29, 1.82) is 0 Å². The molecule has 0 amide bonds. The van der Waals surface area contributed by atoms with Crippen molar-refractivity contribution >= 4 is 5.97 Å². The smallest absolute Gasteiger partial charge is 0.307 e. The number of hydrogen-bond donors (Lipinski definition) is 0. The molecule has 0 N–H and O–H groups in total. The van der Waals surface area contributed by atoms with Crippen LogP contribution in [0.2, 0.25) is 0 Å². The predicted octanol–water partition coefficient (Wildman–Crippen LogP) is 2.98. The average Bonchev–Trinajstić information content (AvgIpc) is 2.73. The first-order valence-electron chi connectivity index (χ1n) is 7.60. The molecule has 2 atom stereocenters. The highest BCUT2D eigenvalue weighted by atomic mass is 16.5. The molecule has 3 nitrogen and oxygen atoms in total. The highest BCUT2D eigenvalue weighted by molar-refractivity contribution is 5.71. The zero-order valence-electron chi connectivity index (χ0n) is 11.9. The lowest BCUT2D eigenvalue weighted by Crippen LogP contribution is -2.54. The monoisotopic (exact) mass is 253 g/mol.